The third-order valence-electron chi connectivity index (χ3n) is 2.37. The van der Waals surface area contributed by atoms with Crippen molar-refractivity contribution in [2.75, 3.05) is 33.4 Å². The number of methoxy groups -OCH3 is 1. The van der Waals surface area contributed by atoms with Crippen LogP contribution >= 0.6 is 0 Å². The molecule has 0 spiro atoms. The Bertz CT molecular complexity index is 193. The van der Waals surface area contributed by atoms with Crippen molar-refractivity contribution >= 4 is 5.96 Å². The van der Waals surface area contributed by atoms with E-state index in [1.54, 1.807) is 7.11 Å². The molecule has 0 aromatic rings. The highest BCUT2D eigenvalue weighted by molar-refractivity contribution is 5.79. The van der Waals surface area contributed by atoms with Crippen LogP contribution in [0.15, 0.2) is 4.99 Å². The molecule has 0 saturated heterocycles. The molecule has 0 rings (SSSR count). The molecule has 4 nitrogen and oxygen atoms in total. The Kier molecular flexibility index (Phi) is 11.2. The van der Waals surface area contributed by atoms with Gasteiger partial charge in [-0.05, 0) is 32.1 Å². The Balaban J connectivity index is 3.72. The standard InChI is InChI=1S/C13H29N3O/c1-5-14-13(16-10-7-11-17-4)15-9-6-8-12(2)3/h12H,5-11H2,1-4H3,(H2,14,15,16). The molecule has 0 fully saturated rings. The molecular formula is C13H29N3O. The molecule has 2 N–H and O–H groups in total. The molecule has 0 aliphatic heterocycles. The number of nitrogens with one attached hydrogen (secondary N) is 2. The maximum atomic E-state index is 5.00. The summed E-state index contributed by atoms with van der Waals surface area (Å²) in [7, 11) is 1.72. The minimum absolute atomic E-state index is 0.774. The Labute approximate surface area is 106 Å². The maximum Gasteiger partial charge on any atom is 0.191 e. The minimum Gasteiger partial charge on any atom is -0.385 e. The van der Waals surface area contributed by atoms with Crippen molar-refractivity contribution in [1.29, 1.82) is 0 Å². The summed E-state index contributed by atoms with van der Waals surface area (Å²) < 4.78 is 5.00. The van der Waals surface area contributed by atoms with Crippen LogP contribution in [-0.2, 0) is 4.74 Å². The summed E-state index contributed by atoms with van der Waals surface area (Å²) in [5.41, 5.74) is 0. The molecule has 0 heterocycles. The molecule has 102 valence electrons. The van der Waals surface area contributed by atoms with E-state index in [2.05, 4.69) is 36.4 Å². The highest BCUT2D eigenvalue weighted by atomic mass is 16.5. The van der Waals surface area contributed by atoms with Crippen LogP contribution in [0.2, 0.25) is 0 Å². The van der Waals surface area contributed by atoms with Crippen molar-refractivity contribution in [2.45, 2.75) is 40.0 Å². The summed E-state index contributed by atoms with van der Waals surface area (Å²) in [4.78, 5) is 4.48. The van der Waals surface area contributed by atoms with Gasteiger partial charge in [0, 0.05) is 33.4 Å². The molecule has 0 aliphatic rings. The Morgan fingerprint density at radius 2 is 2.00 bits per heavy atom. The molecule has 0 bridgehead atoms. The number of aliphatic imine (C=N–C) groups is 1. The number of nitrogens with zero attached hydrogens (tertiary/aromatic N) is 1. The van der Waals surface area contributed by atoms with Gasteiger partial charge in [0.05, 0.1) is 0 Å². The summed E-state index contributed by atoms with van der Waals surface area (Å²) in [5.74, 6) is 1.70. The van der Waals surface area contributed by atoms with Crippen LogP contribution < -0.4 is 10.6 Å². The van der Waals surface area contributed by atoms with E-state index in [0.717, 1.165) is 44.5 Å². The zero-order valence-corrected chi connectivity index (χ0v) is 11.9. The molecule has 17 heavy (non-hydrogen) atoms. The van der Waals surface area contributed by atoms with Gasteiger partial charge in [-0.3, -0.25) is 4.99 Å². The fourth-order valence-corrected chi connectivity index (χ4v) is 1.46. The van der Waals surface area contributed by atoms with E-state index in [9.17, 15) is 0 Å². The van der Waals surface area contributed by atoms with Crippen molar-refractivity contribution in [3.63, 3.8) is 0 Å². The van der Waals surface area contributed by atoms with Crippen LogP contribution in [0.5, 0.6) is 0 Å². The van der Waals surface area contributed by atoms with Crippen molar-refractivity contribution in [3.05, 3.63) is 0 Å². The molecule has 4 heteroatoms. The fourth-order valence-electron chi connectivity index (χ4n) is 1.46. The zero-order valence-electron chi connectivity index (χ0n) is 11.9. The first-order valence-corrected chi connectivity index (χ1v) is 6.71. The zero-order chi connectivity index (χ0) is 12.9. The van der Waals surface area contributed by atoms with Crippen LogP contribution in [-0.4, -0.2) is 39.3 Å². The van der Waals surface area contributed by atoms with Gasteiger partial charge in [0.1, 0.15) is 0 Å². The maximum absolute atomic E-state index is 5.00. The topological polar surface area (TPSA) is 45.7 Å². The molecule has 0 aromatic carbocycles. The average Bonchev–Trinajstić information content (AvgIpc) is 2.29. The van der Waals surface area contributed by atoms with E-state index in [4.69, 9.17) is 4.74 Å². The highest BCUT2D eigenvalue weighted by Crippen LogP contribution is 2.01. The fraction of sp³-hybridized carbons (Fsp3) is 0.923. The number of guanidine groups is 1. The second-order valence-electron chi connectivity index (χ2n) is 4.57. The molecule has 0 radical (unpaired) electrons. The van der Waals surface area contributed by atoms with E-state index in [0.29, 0.717) is 0 Å². The van der Waals surface area contributed by atoms with Crippen molar-refractivity contribution in [2.24, 2.45) is 10.9 Å². The lowest BCUT2D eigenvalue weighted by Crippen LogP contribution is -2.38. The third-order valence-corrected chi connectivity index (χ3v) is 2.37. The summed E-state index contributed by atoms with van der Waals surface area (Å²) in [6, 6.07) is 0. The van der Waals surface area contributed by atoms with Gasteiger partial charge < -0.3 is 15.4 Å². The SMILES string of the molecule is CCNC(=NCCCOC)NCCCC(C)C. The van der Waals surface area contributed by atoms with E-state index < -0.39 is 0 Å². The molecule has 0 unspecified atom stereocenters. The second kappa shape index (κ2) is 11.7. The second-order valence-corrected chi connectivity index (χ2v) is 4.57. The summed E-state index contributed by atoms with van der Waals surface area (Å²) in [5, 5.41) is 6.60. The normalized spacial score (nSPS) is 11.9. The Hall–Kier alpha value is -0.770. The quantitative estimate of drug-likeness (QED) is 0.370. The van der Waals surface area contributed by atoms with Gasteiger partial charge >= 0.3 is 0 Å². The number of ether oxygens (including phenoxy) is 1. The lowest BCUT2D eigenvalue weighted by Gasteiger charge is -2.11. The molecule has 0 saturated carbocycles. The van der Waals surface area contributed by atoms with Crippen LogP contribution in [0, 0.1) is 5.92 Å². The lowest BCUT2D eigenvalue weighted by atomic mass is 10.1. The molecule has 0 amide bonds. The number of hydrogen-bond acceptors (Lipinski definition) is 2. The van der Waals surface area contributed by atoms with Gasteiger partial charge in [-0.2, -0.15) is 0 Å². The Morgan fingerprint density at radius 1 is 1.24 bits per heavy atom. The first kappa shape index (κ1) is 16.2. The molecule has 0 atom stereocenters. The predicted octanol–water partition coefficient (Wildman–Crippen LogP) is 2.01. The van der Waals surface area contributed by atoms with Gasteiger partial charge in [-0.15, -0.1) is 0 Å². The molecule has 0 aliphatic carbocycles. The van der Waals surface area contributed by atoms with E-state index in [-0.39, 0.29) is 0 Å². The average molecular weight is 243 g/mol. The minimum atomic E-state index is 0.774. The first-order chi connectivity index (χ1) is 8.20. The summed E-state index contributed by atoms with van der Waals surface area (Å²) in [6.45, 7) is 10.1. The van der Waals surface area contributed by atoms with Gasteiger partial charge in [0.15, 0.2) is 5.96 Å². The molecular weight excluding hydrogens is 214 g/mol. The van der Waals surface area contributed by atoms with Crippen LogP contribution in [0.4, 0.5) is 0 Å². The van der Waals surface area contributed by atoms with Crippen LogP contribution in [0.3, 0.4) is 0 Å². The lowest BCUT2D eigenvalue weighted by molar-refractivity contribution is 0.197. The van der Waals surface area contributed by atoms with E-state index in [1.807, 2.05) is 0 Å². The largest absolute Gasteiger partial charge is 0.385 e. The van der Waals surface area contributed by atoms with E-state index in [1.165, 1.54) is 12.8 Å². The van der Waals surface area contributed by atoms with Gasteiger partial charge in [-0.1, -0.05) is 13.8 Å². The highest BCUT2D eigenvalue weighted by Gasteiger charge is 1.97. The van der Waals surface area contributed by atoms with Crippen molar-refractivity contribution in [3.8, 4) is 0 Å². The van der Waals surface area contributed by atoms with Crippen molar-refractivity contribution < 1.29 is 4.74 Å². The van der Waals surface area contributed by atoms with Gasteiger partial charge in [-0.25, -0.2) is 0 Å². The van der Waals surface area contributed by atoms with Crippen molar-refractivity contribution in [1.82, 2.24) is 10.6 Å². The summed E-state index contributed by atoms with van der Waals surface area (Å²) >= 11 is 0. The first-order valence-electron chi connectivity index (χ1n) is 6.71. The summed E-state index contributed by atoms with van der Waals surface area (Å²) in [6.07, 6.45) is 3.43. The van der Waals surface area contributed by atoms with Crippen LogP contribution in [0.25, 0.3) is 0 Å². The third kappa shape index (κ3) is 11.5. The monoisotopic (exact) mass is 243 g/mol. The predicted molar refractivity (Wildman–Crippen MR) is 74.5 cm³/mol. The van der Waals surface area contributed by atoms with E-state index >= 15 is 0 Å². The smallest absolute Gasteiger partial charge is 0.191 e. The molecule has 0 aromatic heterocycles. The Morgan fingerprint density at radius 3 is 2.59 bits per heavy atom. The number of rotatable bonds is 9. The van der Waals surface area contributed by atoms with Gasteiger partial charge in [0.25, 0.3) is 0 Å². The van der Waals surface area contributed by atoms with Crippen LogP contribution in [0.1, 0.15) is 40.0 Å². The number of hydrogen-bond donors (Lipinski definition) is 2. The van der Waals surface area contributed by atoms with Gasteiger partial charge in [0.2, 0.25) is 0 Å².